The van der Waals surface area contributed by atoms with Crippen LogP contribution in [0.25, 0.3) is 5.65 Å². The quantitative estimate of drug-likeness (QED) is 0.718. The van der Waals surface area contributed by atoms with Crippen molar-refractivity contribution in [1.29, 1.82) is 0 Å². The summed E-state index contributed by atoms with van der Waals surface area (Å²) in [5.74, 6) is 0.832. The number of ether oxygens (including phenoxy) is 1. The zero-order chi connectivity index (χ0) is 18.0. The molecule has 0 bridgehead atoms. The summed E-state index contributed by atoms with van der Waals surface area (Å²) in [4.78, 5) is 18.9. The molecule has 5 nitrogen and oxygen atoms in total. The first kappa shape index (κ1) is 17.0. The van der Waals surface area contributed by atoms with E-state index < -0.39 is 0 Å². The zero-order valence-corrected chi connectivity index (χ0v) is 15.1. The molecule has 3 rings (SSSR count). The number of carbonyl (C=O) groups is 1. The van der Waals surface area contributed by atoms with Gasteiger partial charge in [-0.05, 0) is 31.5 Å². The number of rotatable bonds is 5. The molecule has 0 aliphatic rings. The number of imidazole rings is 1. The Morgan fingerprint density at radius 3 is 2.80 bits per heavy atom. The Balaban J connectivity index is 1.74. The van der Waals surface area contributed by atoms with Crippen LogP contribution in [-0.2, 0) is 17.8 Å². The van der Waals surface area contributed by atoms with Gasteiger partial charge >= 0.3 is 0 Å². The number of aryl methyl sites for hydroxylation is 2. The van der Waals surface area contributed by atoms with Gasteiger partial charge in [0.1, 0.15) is 11.4 Å². The van der Waals surface area contributed by atoms with Gasteiger partial charge < -0.3 is 14.0 Å². The summed E-state index contributed by atoms with van der Waals surface area (Å²) in [6.07, 6.45) is 4.15. The number of carbonyl (C=O) groups excluding carboxylic acids is 1. The summed E-state index contributed by atoms with van der Waals surface area (Å²) in [7, 11) is 3.46. The monoisotopic (exact) mass is 337 g/mol. The van der Waals surface area contributed by atoms with Gasteiger partial charge in [0, 0.05) is 31.5 Å². The smallest absolute Gasteiger partial charge is 0.228 e. The normalized spacial score (nSPS) is 10.9. The van der Waals surface area contributed by atoms with E-state index in [2.05, 4.69) is 11.1 Å². The molecule has 2 heterocycles. The highest BCUT2D eigenvalue weighted by Crippen LogP contribution is 2.21. The van der Waals surface area contributed by atoms with Crippen LogP contribution in [0, 0.1) is 13.8 Å². The van der Waals surface area contributed by atoms with E-state index in [1.807, 2.05) is 62.0 Å². The Hall–Kier alpha value is -2.82. The van der Waals surface area contributed by atoms with Crippen molar-refractivity contribution >= 4 is 11.6 Å². The molecule has 1 aromatic carbocycles. The summed E-state index contributed by atoms with van der Waals surface area (Å²) < 4.78 is 7.36. The summed E-state index contributed by atoms with van der Waals surface area (Å²) in [5, 5.41) is 0. The van der Waals surface area contributed by atoms with Crippen LogP contribution < -0.4 is 4.74 Å². The molecule has 130 valence electrons. The number of likely N-dealkylation sites (N-methyl/N-ethyl adjacent to an activating group) is 1. The van der Waals surface area contributed by atoms with Crippen LogP contribution in [0.4, 0.5) is 0 Å². The summed E-state index contributed by atoms with van der Waals surface area (Å²) in [5.41, 5.74) is 4.92. The van der Waals surface area contributed by atoms with Gasteiger partial charge in [-0.15, -0.1) is 0 Å². The van der Waals surface area contributed by atoms with Crippen LogP contribution >= 0.6 is 0 Å². The molecule has 2 aromatic heterocycles. The van der Waals surface area contributed by atoms with Crippen molar-refractivity contribution < 1.29 is 9.53 Å². The number of methoxy groups -OCH3 is 1. The number of hydrogen-bond donors (Lipinski definition) is 0. The van der Waals surface area contributed by atoms with Crippen LogP contribution in [0.5, 0.6) is 5.75 Å². The number of pyridine rings is 1. The van der Waals surface area contributed by atoms with Gasteiger partial charge in [0.25, 0.3) is 0 Å². The molecule has 25 heavy (non-hydrogen) atoms. The highest BCUT2D eigenvalue weighted by Gasteiger charge is 2.15. The number of nitrogens with zero attached hydrogens (tertiary/aromatic N) is 3. The van der Waals surface area contributed by atoms with Crippen molar-refractivity contribution in [2.45, 2.75) is 26.8 Å². The van der Waals surface area contributed by atoms with E-state index in [1.165, 1.54) is 0 Å². The second-order valence-electron chi connectivity index (χ2n) is 6.40. The molecule has 0 aliphatic carbocycles. The number of fused-ring (bicyclic) bond motifs is 1. The topological polar surface area (TPSA) is 46.8 Å². The van der Waals surface area contributed by atoms with E-state index in [9.17, 15) is 4.79 Å². The minimum atomic E-state index is 0.0321. The van der Waals surface area contributed by atoms with Gasteiger partial charge in [0.15, 0.2) is 0 Å². The lowest BCUT2D eigenvalue weighted by molar-refractivity contribution is -0.129. The minimum absolute atomic E-state index is 0.0321. The number of aromatic nitrogens is 2. The van der Waals surface area contributed by atoms with Crippen LogP contribution in [0.15, 0.2) is 42.7 Å². The molecule has 0 spiro atoms. The Bertz CT molecular complexity index is 914. The van der Waals surface area contributed by atoms with Gasteiger partial charge in [-0.1, -0.05) is 23.8 Å². The molecule has 5 heteroatoms. The summed E-state index contributed by atoms with van der Waals surface area (Å²) >= 11 is 0. The highest BCUT2D eigenvalue weighted by atomic mass is 16.5. The zero-order valence-electron chi connectivity index (χ0n) is 15.1. The van der Waals surface area contributed by atoms with Gasteiger partial charge in [-0.3, -0.25) is 4.79 Å². The predicted molar refractivity (Wildman–Crippen MR) is 97.8 cm³/mol. The minimum Gasteiger partial charge on any atom is -0.496 e. The molecular formula is C20H23N3O2. The Morgan fingerprint density at radius 1 is 1.28 bits per heavy atom. The fourth-order valence-electron chi connectivity index (χ4n) is 2.95. The Morgan fingerprint density at radius 2 is 2.08 bits per heavy atom. The first-order valence-corrected chi connectivity index (χ1v) is 8.28. The van der Waals surface area contributed by atoms with E-state index in [0.717, 1.165) is 33.8 Å². The van der Waals surface area contributed by atoms with Gasteiger partial charge in [0.05, 0.1) is 19.2 Å². The van der Waals surface area contributed by atoms with Crippen molar-refractivity contribution in [2.24, 2.45) is 0 Å². The summed E-state index contributed by atoms with van der Waals surface area (Å²) in [6, 6.07) is 9.99. The first-order chi connectivity index (χ1) is 12.0. The molecule has 0 radical (unpaired) electrons. The van der Waals surface area contributed by atoms with Crippen LogP contribution in [0.2, 0.25) is 0 Å². The maximum atomic E-state index is 12.6. The maximum absolute atomic E-state index is 12.6. The standard InChI is InChI=1S/C20H23N3O2/c1-14-7-8-18(25-4)16(10-14)12-22(3)19(24)11-17-13-23-9-5-6-15(2)20(23)21-17/h5-10,13H,11-12H2,1-4H3. The average Bonchev–Trinajstić information content (AvgIpc) is 2.99. The van der Waals surface area contributed by atoms with Gasteiger partial charge in [0.2, 0.25) is 5.91 Å². The number of hydrogen-bond acceptors (Lipinski definition) is 3. The molecule has 0 fully saturated rings. The molecule has 0 atom stereocenters. The first-order valence-electron chi connectivity index (χ1n) is 8.28. The van der Waals surface area contributed by atoms with E-state index in [4.69, 9.17) is 4.74 Å². The second-order valence-corrected chi connectivity index (χ2v) is 6.40. The molecule has 0 N–H and O–H groups in total. The molecule has 0 saturated carbocycles. The fourth-order valence-corrected chi connectivity index (χ4v) is 2.95. The van der Waals surface area contributed by atoms with Crippen molar-refractivity contribution in [3.63, 3.8) is 0 Å². The molecule has 0 unspecified atom stereocenters. The fraction of sp³-hybridized carbons (Fsp3) is 0.300. The van der Waals surface area contributed by atoms with E-state index >= 15 is 0 Å². The van der Waals surface area contributed by atoms with Crippen molar-refractivity contribution in [3.05, 3.63) is 65.1 Å². The lowest BCUT2D eigenvalue weighted by Crippen LogP contribution is -2.28. The number of amides is 1. The van der Waals surface area contributed by atoms with E-state index in [0.29, 0.717) is 6.54 Å². The lowest BCUT2D eigenvalue weighted by Gasteiger charge is -2.19. The molecule has 0 aliphatic heterocycles. The Kier molecular flexibility index (Phi) is 4.74. The maximum Gasteiger partial charge on any atom is 0.228 e. The van der Waals surface area contributed by atoms with E-state index in [1.54, 1.807) is 12.0 Å². The highest BCUT2D eigenvalue weighted by molar-refractivity contribution is 5.78. The third-order valence-corrected chi connectivity index (χ3v) is 4.33. The van der Waals surface area contributed by atoms with Crippen molar-refractivity contribution in [2.75, 3.05) is 14.2 Å². The Labute approximate surface area is 147 Å². The van der Waals surface area contributed by atoms with Crippen LogP contribution in [0.1, 0.15) is 22.4 Å². The van der Waals surface area contributed by atoms with Crippen LogP contribution in [0.3, 0.4) is 0 Å². The van der Waals surface area contributed by atoms with Crippen LogP contribution in [-0.4, -0.2) is 34.3 Å². The lowest BCUT2D eigenvalue weighted by atomic mass is 10.1. The van der Waals surface area contributed by atoms with E-state index in [-0.39, 0.29) is 12.3 Å². The number of benzene rings is 1. The SMILES string of the molecule is COc1ccc(C)cc1CN(C)C(=O)Cc1cn2cccc(C)c2n1. The molecule has 0 saturated heterocycles. The average molecular weight is 337 g/mol. The predicted octanol–water partition coefficient (Wildman–Crippen LogP) is 3.16. The van der Waals surface area contributed by atoms with Gasteiger partial charge in [-0.25, -0.2) is 4.98 Å². The molecule has 3 aromatic rings. The second kappa shape index (κ2) is 6.97. The largest absolute Gasteiger partial charge is 0.496 e. The van der Waals surface area contributed by atoms with Crippen molar-refractivity contribution in [3.8, 4) is 5.75 Å². The summed E-state index contributed by atoms with van der Waals surface area (Å²) in [6.45, 7) is 4.56. The molecular weight excluding hydrogens is 314 g/mol. The van der Waals surface area contributed by atoms with Gasteiger partial charge in [-0.2, -0.15) is 0 Å². The third kappa shape index (κ3) is 3.65. The third-order valence-electron chi connectivity index (χ3n) is 4.33. The van der Waals surface area contributed by atoms with Crippen molar-refractivity contribution in [1.82, 2.24) is 14.3 Å². The molecule has 1 amide bonds.